The van der Waals surface area contributed by atoms with Crippen molar-refractivity contribution in [3.63, 3.8) is 0 Å². The van der Waals surface area contributed by atoms with E-state index in [1.807, 2.05) is 24.3 Å². The number of aliphatic hydroxyl groups excluding tert-OH is 10. The number of carbonyl (C=O) groups excluding carboxylic acids is 3. The van der Waals surface area contributed by atoms with Gasteiger partial charge in [-0.2, -0.15) is 0 Å². The predicted octanol–water partition coefficient (Wildman–Crippen LogP) is -0.783. The molecular weight excluding hydrogens is 1150 g/mol. The van der Waals surface area contributed by atoms with Gasteiger partial charge in [-0.05, 0) is 59.8 Å². The number of carbonyl (C=O) groups is 4. The number of hydrogen-bond donors (Lipinski definition) is 16. The summed E-state index contributed by atoms with van der Waals surface area (Å²) < 4.78 is 23.2. The molecule has 2 aliphatic heterocycles. The minimum Gasteiger partial charge on any atom is -0.507 e. The van der Waals surface area contributed by atoms with Gasteiger partial charge in [-0.15, -0.1) is 16.7 Å². The molecule has 28 nitrogen and oxygen atoms in total. The Balaban J connectivity index is 0.720. The van der Waals surface area contributed by atoms with E-state index >= 15 is 0 Å². The fourth-order valence-corrected chi connectivity index (χ4v) is 11.5. The Hall–Kier alpha value is -6.97. The molecule has 9 rings (SSSR count). The van der Waals surface area contributed by atoms with E-state index in [1.165, 1.54) is 25.4 Å². The summed E-state index contributed by atoms with van der Waals surface area (Å²) in [7, 11) is 1.27. The van der Waals surface area contributed by atoms with Crippen LogP contribution in [-0.2, 0) is 41.7 Å². The van der Waals surface area contributed by atoms with Crippen LogP contribution >= 0.6 is 11.6 Å². The van der Waals surface area contributed by atoms with E-state index in [0.29, 0.717) is 40.2 Å². The maximum atomic E-state index is 14.0. The number of carboxylic acids is 1. The molecule has 86 heavy (non-hydrogen) atoms. The summed E-state index contributed by atoms with van der Waals surface area (Å²) in [6.45, 7) is -0.911. The molecule has 1 aliphatic carbocycles. The quantitative estimate of drug-likeness (QED) is 0.0330. The number of anilines is 3. The standard InChI is InChI=1S/C57H69ClN8O20/c1-26(67)60-46-40(69)17-57(56(81)82,85-23-29-14-44(83-2)51(77)52(78)47(29)73)86-53(46)50(76)42(71)22-65-21-33(63-64-65)24-84-25-43(72)49(75)48(74)41(70)19-59-31-10-7-27(8-11-31)54(79)61-32-12-9-28-13-37(62-36(28)15-32)55(80)66-20-30(18-58)45-35-6-4-3-5-34(35)39(68)16-38(45)66/h3-13,15-16,21,29-30,40-44,46-53,59,62,68-78H,14,17-20,22-25H2,1-2H3,(H,60,67)(H,61,79)(H,81,82). The maximum absolute atomic E-state index is 14.0. The monoisotopic (exact) mass is 1220 g/mol. The third-order valence-corrected chi connectivity index (χ3v) is 16.3. The molecule has 2 fully saturated rings. The minimum atomic E-state index is -2.71. The second kappa shape index (κ2) is 27.0. The van der Waals surface area contributed by atoms with E-state index in [4.69, 9.17) is 30.5 Å². The number of aliphatic hydroxyl groups is 10. The van der Waals surface area contributed by atoms with Gasteiger partial charge in [-0.25, -0.2) is 9.48 Å². The van der Waals surface area contributed by atoms with Crippen LogP contribution in [0.5, 0.6) is 5.75 Å². The lowest BCUT2D eigenvalue weighted by Gasteiger charge is -2.47. The average Bonchev–Trinajstić information content (AvgIpc) is 2.10. The predicted molar refractivity (Wildman–Crippen MR) is 304 cm³/mol. The number of ether oxygens (including phenoxy) is 4. The summed E-state index contributed by atoms with van der Waals surface area (Å²) in [5, 5.41) is 147. The zero-order chi connectivity index (χ0) is 61.9. The number of carboxylic acid groups (broad SMARTS) is 1. The molecule has 0 bridgehead atoms. The van der Waals surface area contributed by atoms with E-state index < -0.39 is 135 Å². The van der Waals surface area contributed by atoms with Gasteiger partial charge in [0.05, 0.1) is 68.7 Å². The van der Waals surface area contributed by atoms with E-state index in [0.717, 1.165) is 27.9 Å². The Labute approximate surface area is 495 Å². The van der Waals surface area contributed by atoms with Crippen LogP contribution < -0.4 is 20.9 Å². The smallest absolute Gasteiger partial charge is 0.364 e. The lowest BCUT2D eigenvalue weighted by atomic mass is 9.81. The molecule has 1 saturated carbocycles. The molecule has 2 aromatic heterocycles. The molecule has 16 atom stereocenters. The zero-order valence-electron chi connectivity index (χ0n) is 46.4. The highest BCUT2D eigenvalue weighted by Gasteiger charge is 2.57. The van der Waals surface area contributed by atoms with E-state index in [2.05, 4.69) is 31.2 Å². The number of rotatable bonds is 24. The molecule has 29 heteroatoms. The van der Waals surface area contributed by atoms with Crippen molar-refractivity contribution in [3.8, 4) is 5.75 Å². The van der Waals surface area contributed by atoms with Crippen LogP contribution in [0.25, 0.3) is 21.7 Å². The zero-order valence-corrected chi connectivity index (χ0v) is 47.2. The van der Waals surface area contributed by atoms with Crippen molar-refractivity contribution in [2.45, 2.75) is 124 Å². The van der Waals surface area contributed by atoms with Crippen molar-refractivity contribution < 1.29 is 99.4 Å². The number of phenols is 1. The number of H-pyrrole nitrogens is 1. The number of fused-ring (bicyclic) bond motifs is 4. The third kappa shape index (κ3) is 13.6. The van der Waals surface area contributed by atoms with Crippen molar-refractivity contribution >= 4 is 74.0 Å². The van der Waals surface area contributed by atoms with Crippen LogP contribution in [0.2, 0.25) is 0 Å². The Morgan fingerprint density at radius 1 is 0.884 bits per heavy atom. The summed E-state index contributed by atoms with van der Waals surface area (Å²) in [5.41, 5.74) is 3.65. The first-order chi connectivity index (χ1) is 41.0. The first-order valence-corrected chi connectivity index (χ1v) is 28.1. The molecule has 3 aliphatic rings. The highest BCUT2D eigenvalue weighted by Crippen LogP contribution is 2.46. The Kier molecular flexibility index (Phi) is 19.9. The van der Waals surface area contributed by atoms with Crippen LogP contribution in [0.3, 0.4) is 0 Å². The maximum Gasteiger partial charge on any atom is 0.364 e. The van der Waals surface area contributed by atoms with E-state index in [1.54, 1.807) is 47.4 Å². The van der Waals surface area contributed by atoms with Crippen molar-refractivity contribution in [2.24, 2.45) is 5.92 Å². The number of amides is 3. The Morgan fingerprint density at radius 2 is 1.59 bits per heavy atom. The Morgan fingerprint density at radius 3 is 2.29 bits per heavy atom. The number of aliphatic carboxylic acids is 1. The Bertz CT molecular complexity index is 3370. The fraction of sp³-hybridized carbons (Fsp3) is 0.474. The van der Waals surface area contributed by atoms with Crippen LogP contribution in [0.1, 0.15) is 57.8 Å². The number of nitrogens with zero attached hydrogens (tertiary/aromatic N) is 4. The molecule has 16 unspecified atom stereocenters. The average molecular weight is 1220 g/mol. The molecule has 0 radical (unpaired) electrons. The van der Waals surface area contributed by atoms with Crippen molar-refractivity contribution in [1.82, 2.24) is 25.3 Å². The number of aromatic hydroxyl groups is 1. The number of methoxy groups -OCH3 is 1. The molecule has 1 saturated heterocycles. The van der Waals surface area contributed by atoms with Gasteiger partial charge in [0, 0.05) is 90.6 Å². The molecule has 464 valence electrons. The van der Waals surface area contributed by atoms with Gasteiger partial charge in [-0.1, -0.05) is 35.5 Å². The molecular formula is C57H69ClN8O20. The van der Waals surface area contributed by atoms with Gasteiger partial charge in [-0.3, -0.25) is 14.4 Å². The lowest BCUT2D eigenvalue weighted by Crippen LogP contribution is -2.68. The first kappa shape index (κ1) is 63.5. The van der Waals surface area contributed by atoms with Crippen LogP contribution in [0, 0.1) is 5.92 Å². The van der Waals surface area contributed by atoms with Gasteiger partial charge in [0.1, 0.15) is 66.0 Å². The highest BCUT2D eigenvalue weighted by atomic mass is 35.5. The molecule has 4 heterocycles. The number of benzene rings is 4. The number of hydrogen-bond acceptors (Lipinski definition) is 22. The van der Waals surface area contributed by atoms with Gasteiger partial charge < -0.3 is 106 Å². The number of aromatic nitrogens is 4. The number of nitrogens with one attached hydrogen (secondary N) is 4. The third-order valence-electron chi connectivity index (χ3n) is 15.9. The molecule has 6 aromatic rings. The minimum absolute atomic E-state index is 0.0558. The number of alkyl halides is 1. The normalized spacial score (nSPS) is 26.1. The SMILES string of the molecule is COC1CC(COC2(C(=O)O)CC(O)C(NC(C)=O)C(C(O)C(O)Cn3cc(COCC(O)C(O)C(O)C(O)CNc4ccc(C(=O)Nc5ccc6cc(C(=O)N7CC(CCl)c8c7cc(O)c7ccccc87)[nH]c6c5)cc4)nn3)O2)C(O)C(O)C1O. The second-order valence-electron chi connectivity index (χ2n) is 21.9. The van der Waals surface area contributed by atoms with Gasteiger partial charge in [0.25, 0.3) is 17.6 Å². The topological polar surface area (TPSA) is 434 Å². The molecule has 4 aromatic carbocycles. The van der Waals surface area contributed by atoms with Crippen molar-refractivity contribution in [2.75, 3.05) is 54.8 Å². The number of halogens is 1. The summed E-state index contributed by atoms with van der Waals surface area (Å²) in [6.07, 6.45) is -19.8. The molecule has 3 amide bonds. The van der Waals surface area contributed by atoms with E-state index in [9.17, 15) is 80.5 Å². The van der Waals surface area contributed by atoms with Gasteiger partial charge in [0.15, 0.2) is 0 Å². The van der Waals surface area contributed by atoms with Gasteiger partial charge >= 0.3 is 5.97 Å². The molecule has 0 spiro atoms. The summed E-state index contributed by atoms with van der Waals surface area (Å²) >= 11 is 6.39. The summed E-state index contributed by atoms with van der Waals surface area (Å²) in [4.78, 5) is 57.0. The van der Waals surface area contributed by atoms with Gasteiger partial charge in [0.2, 0.25) is 5.91 Å². The number of aromatic amines is 1. The fourth-order valence-electron chi connectivity index (χ4n) is 11.2. The largest absolute Gasteiger partial charge is 0.507 e. The lowest BCUT2D eigenvalue weighted by molar-refractivity contribution is -0.317. The van der Waals surface area contributed by atoms with Crippen molar-refractivity contribution in [3.05, 3.63) is 108 Å². The highest BCUT2D eigenvalue weighted by molar-refractivity contribution is 6.19. The van der Waals surface area contributed by atoms with E-state index in [-0.39, 0.29) is 54.3 Å². The summed E-state index contributed by atoms with van der Waals surface area (Å²) in [5.74, 6) is -6.76. The first-order valence-electron chi connectivity index (χ1n) is 27.5. The van der Waals surface area contributed by atoms with Crippen LogP contribution in [-0.4, -0.2) is 229 Å². The van der Waals surface area contributed by atoms with Crippen molar-refractivity contribution in [1.29, 1.82) is 0 Å². The second-order valence-corrected chi connectivity index (χ2v) is 22.2. The van der Waals surface area contributed by atoms with Crippen LogP contribution in [0.4, 0.5) is 17.1 Å². The summed E-state index contributed by atoms with van der Waals surface area (Å²) in [6, 6.07) is 20.6. The molecule has 16 N–H and O–H groups in total. The van der Waals surface area contributed by atoms with Crippen LogP contribution in [0.15, 0.2) is 85.1 Å². The number of phenolic OH excluding ortho intramolecular Hbond substituents is 1.